The van der Waals surface area contributed by atoms with Gasteiger partial charge in [0.25, 0.3) is 0 Å². The summed E-state index contributed by atoms with van der Waals surface area (Å²) in [4.78, 5) is 29.6. The van der Waals surface area contributed by atoms with Crippen molar-refractivity contribution in [1.29, 1.82) is 0 Å². The quantitative estimate of drug-likeness (QED) is 0.662. The minimum Gasteiger partial charge on any atom is -0.342 e. The minimum absolute atomic E-state index is 0.0343. The van der Waals surface area contributed by atoms with Gasteiger partial charge in [-0.3, -0.25) is 9.59 Å². The third-order valence-corrected chi connectivity index (χ3v) is 7.01. The fourth-order valence-corrected chi connectivity index (χ4v) is 5.19. The van der Waals surface area contributed by atoms with Crippen LogP contribution < -0.4 is 0 Å². The Hall–Kier alpha value is -2.82. The largest absolute Gasteiger partial charge is 0.342 e. The van der Waals surface area contributed by atoms with Crippen molar-refractivity contribution < 1.29 is 9.59 Å². The number of rotatable bonds is 4. The van der Waals surface area contributed by atoms with Crippen molar-refractivity contribution in [3.8, 4) is 5.69 Å². The molecule has 2 saturated heterocycles. The van der Waals surface area contributed by atoms with E-state index in [1.54, 1.807) is 6.08 Å². The summed E-state index contributed by atoms with van der Waals surface area (Å²) in [6.45, 7) is 9.50. The molecule has 1 atom stereocenters. The molecular weight excluding hydrogens is 398 g/mol. The molecule has 5 nitrogen and oxygen atoms in total. The van der Waals surface area contributed by atoms with Crippen LogP contribution in [0.15, 0.2) is 42.5 Å². The molecule has 1 unspecified atom stereocenters. The normalized spacial score (nSPS) is 20.2. The van der Waals surface area contributed by atoms with E-state index in [0.717, 1.165) is 55.0 Å². The molecule has 5 heteroatoms. The number of amides is 2. The van der Waals surface area contributed by atoms with Crippen molar-refractivity contribution >= 4 is 17.9 Å². The van der Waals surface area contributed by atoms with Crippen LogP contribution in [-0.2, 0) is 9.59 Å². The molecule has 0 spiro atoms. The van der Waals surface area contributed by atoms with Crippen LogP contribution in [0.5, 0.6) is 0 Å². The third kappa shape index (κ3) is 4.82. The van der Waals surface area contributed by atoms with Crippen molar-refractivity contribution in [2.45, 2.75) is 46.5 Å². The Morgan fingerprint density at radius 2 is 1.69 bits per heavy atom. The Morgan fingerprint density at radius 1 is 0.969 bits per heavy atom. The average Bonchev–Trinajstić information content (AvgIpc) is 3.10. The Labute approximate surface area is 191 Å². The van der Waals surface area contributed by atoms with Crippen LogP contribution in [0.4, 0.5) is 0 Å². The van der Waals surface area contributed by atoms with Gasteiger partial charge >= 0.3 is 0 Å². The van der Waals surface area contributed by atoms with E-state index >= 15 is 0 Å². The molecule has 32 heavy (non-hydrogen) atoms. The summed E-state index contributed by atoms with van der Waals surface area (Å²) in [5, 5.41) is 0. The molecule has 1 aromatic heterocycles. The predicted molar refractivity (Wildman–Crippen MR) is 129 cm³/mol. The monoisotopic (exact) mass is 433 g/mol. The number of hydrogen-bond donors (Lipinski definition) is 0. The maximum absolute atomic E-state index is 12.9. The molecule has 2 aliphatic heterocycles. The summed E-state index contributed by atoms with van der Waals surface area (Å²) in [5.41, 5.74) is 4.46. The van der Waals surface area contributed by atoms with Gasteiger partial charge in [-0.2, -0.15) is 0 Å². The molecule has 1 aromatic carbocycles. The second kappa shape index (κ2) is 9.76. The second-order valence-corrected chi connectivity index (χ2v) is 9.46. The van der Waals surface area contributed by atoms with E-state index in [0.29, 0.717) is 24.9 Å². The molecule has 170 valence electrons. The highest BCUT2D eigenvalue weighted by Gasteiger charge is 2.31. The summed E-state index contributed by atoms with van der Waals surface area (Å²) in [7, 11) is 0. The molecule has 0 N–H and O–H groups in total. The molecule has 2 aliphatic rings. The zero-order valence-electron chi connectivity index (χ0n) is 19.6. The van der Waals surface area contributed by atoms with E-state index in [1.807, 2.05) is 29.2 Å². The molecule has 0 radical (unpaired) electrons. The molecule has 2 fully saturated rings. The van der Waals surface area contributed by atoms with Crippen molar-refractivity contribution in [1.82, 2.24) is 14.4 Å². The smallest absolute Gasteiger partial charge is 0.246 e. The number of carbonyl (C=O) groups excluding carboxylic acids is 2. The molecule has 2 aromatic rings. The topological polar surface area (TPSA) is 45.6 Å². The highest BCUT2D eigenvalue weighted by Crippen LogP contribution is 2.25. The van der Waals surface area contributed by atoms with Gasteiger partial charge in [-0.05, 0) is 75.3 Å². The molecule has 0 aliphatic carbocycles. The molecule has 3 heterocycles. The molecular formula is C27H35N3O2. The van der Waals surface area contributed by atoms with E-state index in [-0.39, 0.29) is 11.8 Å². The van der Waals surface area contributed by atoms with Gasteiger partial charge in [0.1, 0.15) is 0 Å². The number of aryl methyl sites for hydroxylation is 1. The summed E-state index contributed by atoms with van der Waals surface area (Å²) in [5.74, 6) is 1.00. The lowest BCUT2D eigenvalue weighted by Gasteiger charge is -2.37. The molecule has 0 bridgehead atoms. The summed E-state index contributed by atoms with van der Waals surface area (Å²) < 4.78 is 2.21. The first-order chi connectivity index (χ1) is 15.4. The van der Waals surface area contributed by atoms with Crippen molar-refractivity contribution in [3.63, 3.8) is 0 Å². The van der Waals surface area contributed by atoms with Gasteiger partial charge in [-0.1, -0.05) is 25.1 Å². The minimum atomic E-state index is 0.0343. The third-order valence-electron chi connectivity index (χ3n) is 7.01. The molecule has 2 amide bonds. The average molecular weight is 434 g/mol. The highest BCUT2D eigenvalue weighted by molar-refractivity contribution is 5.92. The standard InChI is InChI=1S/C27H35N3O2/c1-20-8-7-15-29(19-20)27(32)23-13-16-28(17-14-23)26(31)12-11-24-18-21(2)30(22(24)3)25-9-5-4-6-10-25/h4-6,9-12,18,20,23H,7-8,13-17,19H2,1-3H3/b12-11+. The van der Waals surface area contributed by atoms with Gasteiger partial charge in [0, 0.05) is 55.2 Å². The Morgan fingerprint density at radius 3 is 2.38 bits per heavy atom. The number of carbonyl (C=O) groups is 2. The second-order valence-electron chi connectivity index (χ2n) is 9.46. The highest BCUT2D eigenvalue weighted by atomic mass is 16.2. The first-order valence-electron chi connectivity index (χ1n) is 11.9. The van der Waals surface area contributed by atoms with Crippen molar-refractivity contribution in [2.75, 3.05) is 26.2 Å². The number of benzene rings is 1. The van der Waals surface area contributed by atoms with Crippen LogP contribution in [-0.4, -0.2) is 52.4 Å². The molecule has 0 saturated carbocycles. The fraction of sp³-hybridized carbons (Fsp3) is 0.481. The fourth-order valence-electron chi connectivity index (χ4n) is 5.19. The van der Waals surface area contributed by atoms with E-state index in [2.05, 4.69) is 48.4 Å². The summed E-state index contributed by atoms with van der Waals surface area (Å²) in [6, 6.07) is 12.4. The van der Waals surface area contributed by atoms with Crippen LogP contribution >= 0.6 is 0 Å². The van der Waals surface area contributed by atoms with Gasteiger partial charge < -0.3 is 14.4 Å². The van der Waals surface area contributed by atoms with E-state index in [9.17, 15) is 9.59 Å². The van der Waals surface area contributed by atoms with Crippen LogP contribution in [0.2, 0.25) is 0 Å². The van der Waals surface area contributed by atoms with Crippen molar-refractivity contribution in [3.05, 3.63) is 59.4 Å². The van der Waals surface area contributed by atoms with E-state index in [4.69, 9.17) is 0 Å². The number of para-hydroxylation sites is 1. The number of piperidine rings is 2. The van der Waals surface area contributed by atoms with Gasteiger partial charge in [0.05, 0.1) is 0 Å². The lowest BCUT2D eigenvalue weighted by Crippen LogP contribution is -2.46. The Kier molecular flexibility index (Phi) is 6.83. The number of likely N-dealkylation sites (tertiary alicyclic amines) is 2. The zero-order valence-corrected chi connectivity index (χ0v) is 19.6. The Bertz CT molecular complexity index is 984. The first kappa shape index (κ1) is 22.4. The van der Waals surface area contributed by atoms with Gasteiger partial charge in [-0.25, -0.2) is 0 Å². The first-order valence-corrected chi connectivity index (χ1v) is 11.9. The number of aromatic nitrogens is 1. The van der Waals surface area contributed by atoms with Gasteiger partial charge in [-0.15, -0.1) is 0 Å². The van der Waals surface area contributed by atoms with Crippen LogP contribution in [0, 0.1) is 25.7 Å². The maximum atomic E-state index is 12.9. The number of hydrogen-bond acceptors (Lipinski definition) is 2. The lowest BCUT2D eigenvalue weighted by molar-refractivity contribution is -0.140. The van der Waals surface area contributed by atoms with Crippen LogP contribution in [0.3, 0.4) is 0 Å². The van der Waals surface area contributed by atoms with E-state index < -0.39 is 0 Å². The summed E-state index contributed by atoms with van der Waals surface area (Å²) in [6.07, 6.45) is 7.48. The zero-order chi connectivity index (χ0) is 22.7. The van der Waals surface area contributed by atoms with Gasteiger partial charge in [0.15, 0.2) is 0 Å². The van der Waals surface area contributed by atoms with Gasteiger partial charge in [0.2, 0.25) is 11.8 Å². The molecule has 4 rings (SSSR count). The number of nitrogens with zero attached hydrogens (tertiary/aromatic N) is 3. The SMILES string of the molecule is Cc1cc(/C=C/C(=O)N2CCC(C(=O)N3CCCC(C)C3)CC2)c(C)n1-c1ccccc1. The maximum Gasteiger partial charge on any atom is 0.246 e. The van der Waals surface area contributed by atoms with Crippen molar-refractivity contribution in [2.24, 2.45) is 11.8 Å². The Balaban J connectivity index is 1.35. The van der Waals surface area contributed by atoms with Crippen LogP contribution in [0.1, 0.15) is 49.6 Å². The van der Waals surface area contributed by atoms with Crippen LogP contribution in [0.25, 0.3) is 11.8 Å². The lowest BCUT2D eigenvalue weighted by atomic mass is 9.92. The predicted octanol–water partition coefficient (Wildman–Crippen LogP) is 4.60. The van der Waals surface area contributed by atoms with E-state index in [1.165, 1.54) is 6.42 Å². The summed E-state index contributed by atoms with van der Waals surface area (Å²) >= 11 is 0.